The SMILES string of the molecule is OCc1cccc(Oc2c(F)c(F)c(F)c(F)c2F)c1. The molecule has 0 spiro atoms. The van der Waals surface area contributed by atoms with Crippen LogP contribution in [0.25, 0.3) is 0 Å². The zero-order chi connectivity index (χ0) is 14.9. The van der Waals surface area contributed by atoms with E-state index in [9.17, 15) is 22.0 Å². The summed E-state index contributed by atoms with van der Waals surface area (Å²) in [5, 5.41) is 8.89. The van der Waals surface area contributed by atoms with Gasteiger partial charge in [-0.1, -0.05) is 12.1 Å². The first-order chi connectivity index (χ1) is 9.45. The molecule has 0 fully saturated rings. The number of ether oxygens (including phenoxy) is 1. The monoisotopic (exact) mass is 290 g/mol. The first-order valence-electron chi connectivity index (χ1n) is 5.34. The maximum Gasteiger partial charge on any atom is 0.207 e. The van der Waals surface area contributed by atoms with Crippen molar-refractivity contribution in [2.75, 3.05) is 0 Å². The van der Waals surface area contributed by atoms with Gasteiger partial charge in [-0.15, -0.1) is 0 Å². The number of halogens is 5. The molecule has 20 heavy (non-hydrogen) atoms. The highest BCUT2D eigenvalue weighted by atomic mass is 19.2. The van der Waals surface area contributed by atoms with Gasteiger partial charge in [0, 0.05) is 0 Å². The minimum Gasteiger partial charge on any atom is -0.451 e. The first kappa shape index (κ1) is 14.3. The van der Waals surface area contributed by atoms with Gasteiger partial charge in [0.2, 0.25) is 34.8 Å². The van der Waals surface area contributed by atoms with E-state index in [0.29, 0.717) is 5.56 Å². The summed E-state index contributed by atoms with van der Waals surface area (Å²) in [6, 6.07) is 5.34. The maximum atomic E-state index is 13.4. The normalized spacial score (nSPS) is 10.7. The molecule has 2 aromatic carbocycles. The predicted molar refractivity (Wildman–Crippen MR) is 58.7 cm³/mol. The zero-order valence-corrected chi connectivity index (χ0v) is 9.76. The van der Waals surface area contributed by atoms with Crippen LogP contribution in [-0.2, 0) is 6.61 Å². The van der Waals surface area contributed by atoms with Gasteiger partial charge in [0.25, 0.3) is 0 Å². The van der Waals surface area contributed by atoms with Crippen molar-refractivity contribution in [3.05, 3.63) is 58.9 Å². The lowest BCUT2D eigenvalue weighted by atomic mass is 10.2. The molecule has 0 aliphatic heterocycles. The van der Waals surface area contributed by atoms with Crippen LogP contribution in [0.4, 0.5) is 22.0 Å². The molecular formula is C13H7F5O2. The van der Waals surface area contributed by atoms with E-state index >= 15 is 0 Å². The number of hydrogen-bond acceptors (Lipinski definition) is 2. The van der Waals surface area contributed by atoms with Crippen molar-refractivity contribution in [3.63, 3.8) is 0 Å². The third-order valence-electron chi connectivity index (χ3n) is 2.47. The Bertz CT molecular complexity index is 628. The molecule has 2 nitrogen and oxygen atoms in total. The van der Waals surface area contributed by atoms with Gasteiger partial charge in [-0.25, -0.2) is 13.2 Å². The lowest BCUT2D eigenvalue weighted by Gasteiger charge is -2.10. The van der Waals surface area contributed by atoms with Crippen LogP contribution in [0, 0.1) is 29.1 Å². The van der Waals surface area contributed by atoms with Crippen LogP contribution < -0.4 is 4.74 Å². The standard InChI is InChI=1S/C13H7F5O2/c14-8-9(15)11(17)13(12(18)10(8)16)20-7-3-1-2-6(4-7)5-19/h1-4,19H,5H2. The summed E-state index contributed by atoms with van der Waals surface area (Å²) in [4.78, 5) is 0. The van der Waals surface area contributed by atoms with Gasteiger partial charge in [0.05, 0.1) is 6.61 Å². The van der Waals surface area contributed by atoms with E-state index in [0.717, 1.165) is 0 Å². The molecule has 2 rings (SSSR count). The molecule has 0 heterocycles. The molecule has 0 saturated carbocycles. The Morgan fingerprint density at radius 2 is 1.40 bits per heavy atom. The molecule has 7 heteroatoms. The molecule has 0 bridgehead atoms. The maximum absolute atomic E-state index is 13.4. The highest BCUT2D eigenvalue weighted by molar-refractivity contribution is 5.36. The highest BCUT2D eigenvalue weighted by Gasteiger charge is 2.27. The summed E-state index contributed by atoms with van der Waals surface area (Å²) in [5.41, 5.74) is 0.353. The Morgan fingerprint density at radius 1 is 0.850 bits per heavy atom. The summed E-state index contributed by atoms with van der Waals surface area (Å²) >= 11 is 0. The van der Waals surface area contributed by atoms with E-state index in [1.165, 1.54) is 24.3 Å². The van der Waals surface area contributed by atoms with E-state index in [-0.39, 0.29) is 12.4 Å². The van der Waals surface area contributed by atoms with Crippen LogP contribution in [0.15, 0.2) is 24.3 Å². The van der Waals surface area contributed by atoms with Gasteiger partial charge in [0.1, 0.15) is 5.75 Å². The van der Waals surface area contributed by atoms with Crippen LogP contribution in [0.3, 0.4) is 0 Å². The molecule has 0 aliphatic rings. The Hall–Kier alpha value is -2.15. The van der Waals surface area contributed by atoms with Gasteiger partial charge in [-0.3, -0.25) is 0 Å². The van der Waals surface area contributed by atoms with Crippen molar-refractivity contribution < 1.29 is 31.8 Å². The molecule has 0 radical (unpaired) electrons. The van der Waals surface area contributed by atoms with Crippen molar-refractivity contribution in [2.45, 2.75) is 6.61 Å². The molecular weight excluding hydrogens is 283 g/mol. The highest BCUT2D eigenvalue weighted by Crippen LogP contribution is 2.32. The molecule has 0 unspecified atom stereocenters. The van der Waals surface area contributed by atoms with Crippen molar-refractivity contribution in [2.24, 2.45) is 0 Å². The van der Waals surface area contributed by atoms with Crippen molar-refractivity contribution in [1.29, 1.82) is 0 Å². The summed E-state index contributed by atoms with van der Waals surface area (Å²) < 4.78 is 70.2. The van der Waals surface area contributed by atoms with Crippen LogP contribution in [-0.4, -0.2) is 5.11 Å². The minimum atomic E-state index is -2.25. The second kappa shape index (κ2) is 5.46. The third kappa shape index (κ3) is 2.44. The van der Waals surface area contributed by atoms with Gasteiger partial charge in [-0.2, -0.15) is 8.78 Å². The first-order valence-corrected chi connectivity index (χ1v) is 5.34. The minimum absolute atomic E-state index is 0.167. The van der Waals surface area contributed by atoms with Crippen molar-refractivity contribution in [3.8, 4) is 11.5 Å². The average molecular weight is 290 g/mol. The summed E-state index contributed by atoms with van der Waals surface area (Å²) in [5.74, 6) is -12.1. The number of aliphatic hydroxyl groups excluding tert-OH is 1. The molecule has 0 atom stereocenters. The van der Waals surface area contributed by atoms with Gasteiger partial charge >= 0.3 is 0 Å². The second-order valence-electron chi connectivity index (χ2n) is 3.81. The predicted octanol–water partition coefficient (Wildman–Crippen LogP) is 3.67. The number of rotatable bonds is 3. The molecule has 1 N–H and O–H groups in total. The van der Waals surface area contributed by atoms with Crippen LogP contribution in [0.5, 0.6) is 11.5 Å². The fourth-order valence-electron chi connectivity index (χ4n) is 1.50. The third-order valence-corrected chi connectivity index (χ3v) is 2.47. The lowest BCUT2D eigenvalue weighted by Crippen LogP contribution is -2.04. The Kier molecular flexibility index (Phi) is 3.89. The van der Waals surface area contributed by atoms with E-state index in [4.69, 9.17) is 9.84 Å². The summed E-state index contributed by atoms with van der Waals surface area (Å²) in [6.07, 6.45) is 0. The summed E-state index contributed by atoms with van der Waals surface area (Å²) in [7, 11) is 0. The van der Waals surface area contributed by atoms with Gasteiger partial charge in [0.15, 0.2) is 0 Å². The fraction of sp³-hybridized carbons (Fsp3) is 0.0769. The molecule has 0 saturated heterocycles. The second-order valence-corrected chi connectivity index (χ2v) is 3.81. The van der Waals surface area contributed by atoms with Gasteiger partial charge in [-0.05, 0) is 17.7 Å². The Balaban J connectivity index is 2.48. The topological polar surface area (TPSA) is 29.5 Å². The van der Waals surface area contributed by atoms with Crippen molar-refractivity contribution in [1.82, 2.24) is 0 Å². The molecule has 0 amide bonds. The van der Waals surface area contributed by atoms with Crippen molar-refractivity contribution >= 4 is 0 Å². The Labute approximate surface area is 110 Å². The Morgan fingerprint density at radius 3 is 1.95 bits per heavy atom. The van der Waals surface area contributed by atoms with E-state index < -0.39 is 34.8 Å². The summed E-state index contributed by atoms with van der Waals surface area (Å²) in [6.45, 7) is -0.367. The van der Waals surface area contributed by atoms with Crippen LogP contribution >= 0.6 is 0 Å². The molecule has 0 aromatic heterocycles. The lowest BCUT2D eigenvalue weighted by molar-refractivity contribution is 0.281. The quantitative estimate of drug-likeness (QED) is 0.531. The fourth-order valence-corrected chi connectivity index (χ4v) is 1.50. The van der Waals surface area contributed by atoms with E-state index in [2.05, 4.69) is 0 Å². The number of hydrogen-bond donors (Lipinski definition) is 1. The van der Waals surface area contributed by atoms with Gasteiger partial charge < -0.3 is 9.84 Å². The smallest absolute Gasteiger partial charge is 0.207 e. The molecule has 0 aliphatic carbocycles. The molecule has 106 valence electrons. The van der Waals surface area contributed by atoms with Crippen LogP contribution in [0.1, 0.15) is 5.56 Å². The zero-order valence-electron chi connectivity index (χ0n) is 9.76. The average Bonchev–Trinajstić information content (AvgIpc) is 2.48. The van der Waals surface area contributed by atoms with Crippen LogP contribution in [0.2, 0.25) is 0 Å². The van der Waals surface area contributed by atoms with E-state index in [1.54, 1.807) is 0 Å². The number of benzene rings is 2. The van der Waals surface area contributed by atoms with E-state index in [1.807, 2.05) is 0 Å². The largest absolute Gasteiger partial charge is 0.451 e. The number of aliphatic hydroxyl groups is 1. The molecule has 2 aromatic rings.